The van der Waals surface area contributed by atoms with Gasteiger partial charge in [0.1, 0.15) is 11.8 Å². The van der Waals surface area contributed by atoms with Crippen LogP contribution in [0.15, 0.2) is 40.9 Å². The summed E-state index contributed by atoms with van der Waals surface area (Å²) in [6.45, 7) is 3.22. The van der Waals surface area contributed by atoms with Gasteiger partial charge >= 0.3 is 0 Å². The van der Waals surface area contributed by atoms with E-state index >= 15 is 0 Å². The van der Waals surface area contributed by atoms with Crippen molar-refractivity contribution in [3.63, 3.8) is 0 Å². The first-order chi connectivity index (χ1) is 14.4. The summed E-state index contributed by atoms with van der Waals surface area (Å²) in [5, 5.41) is 6.42. The molecule has 6 nitrogen and oxygen atoms in total. The maximum absolute atomic E-state index is 13.3. The van der Waals surface area contributed by atoms with E-state index in [9.17, 15) is 9.59 Å². The molecule has 30 heavy (non-hydrogen) atoms. The highest BCUT2D eigenvalue weighted by molar-refractivity contribution is 9.10. The molecule has 7 heteroatoms. The first kappa shape index (κ1) is 19.4. The standard InChI is InChI=1S/C23H24BrN3O3/c1-13-16-12-15(30-2)4-6-18(16)25-20(13)21(28)27-9-7-23(8-10-27)17-11-14(24)3-5-19(17)26-22(23)29/h3-6,11-13,20,25H,7-10H2,1-2H3,(H,26,29). The van der Waals surface area contributed by atoms with Crippen LogP contribution in [0.4, 0.5) is 11.4 Å². The summed E-state index contributed by atoms with van der Waals surface area (Å²) < 4.78 is 6.30. The monoisotopic (exact) mass is 469 g/mol. The van der Waals surface area contributed by atoms with E-state index in [0.29, 0.717) is 25.9 Å². The molecule has 2 aromatic carbocycles. The minimum atomic E-state index is -0.541. The Labute approximate surface area is 184 Å². The second-order valence-electron chi connectivity index (χ2n) is 8.42. The Morgan fingerprint density at radius 3 is 2.63 bits per heavy atom. The lowest BCUT2D eigenvalue weighted by Crippen LogP contribution is -2.52. The molecule has 3 heterocycles. The third-order valence-electron chi connectivity index (χ3n) is 6.94. The summed E-state index contributed by atoms with van der Waals surface area (Å²) in [6, 6.07) is 11.5. The predicted molar refractivity (Wildman–Crippen MR) is 119 cm³/mol. The lowest BCUT2D eigenvalue weighted by atomic mass is 9.73. The largest absolute Gasteiger partial charge is 0.497 e. The van der Waals surface area contributed by atoms with Crippen molar-refractivity contribution < 1.29 is 14.3 Å². The lowest BCUT2D eigenvalue weighted by molar-refractivity contribution is -0.136. The highest BCUT2D eigenvalue weighted by Crippen LogP contribution is 2.46. The quantitative estimate of drug-likeness (QED) is 0.700. The molecule has 156 valence electrons. The molecule has 2 unspecified atom stereocenters. The van der Waals surface area contributed by atoms with Gasteiger partial charge in [-0.15, -0.1) is 0 Å². The van der Waals surface area contributed by atoms with Gasteiger partial charge in [0, 0.05) is 34.9 Å². The van der Waals surface area contributed by atoms with E-state index in [4.69, 9.17) is 4.74 Å². The number of carbonyl (C=O) groups is 2. The normalized spacial score (nSPS) is 23.6. The minimum absolute atomic E-state index is 0.0505. The fourth-order valence-electron chi connectivity index (χ4n) is 5.11. The molecule has 3 aliphatic rings. The topological polar surface area (TPSA) is 70.7 Å². The Morgan fingerprint density at radius 2 is 1.90 bits per heavy atom. The van der Waals surface area contributed by atoms with Crippen LogP contribution in [-0.2, 0) is 15.0 Å². The summed E-state index contributed by atoms with van der Waals surface area (Å²) in [5.74, 6) is 1.01. The van der Waals surface area contributed by atoms with Crippen molar-refractivity contribution in [3.8, 4) is 5.75 Å². The molecule has 1 fully saturated rings. The van der Waals surface area contributed by atoms with Gasteiger partial charge in [0.05, 0.1) is 12.5 Å². The molecular formula is C23H24BrN3O3. The van der Waals surface area contributed by atoms with Crippen molar-refractivity contribution >= 4 is 39.1 Å². The SMILES string of the molecule is COc1ccc2c(c1)C(C)C(C(=O)N1CCC3(CC1)C(=O)Nc1ccc(Br)cc13)N2. The number of benzene rings is 2. The van der Waals surface area contributed by atoms with Gasteiger partial charge in [-0.25, -0.2) is 0 Å². The Bertz CT molecular complexity index is 1050. The average Bonchev–Trinajstić information content (AvgIpc) is 3.22. The molecule has 2 amide bonds. The highest BCUT2D eigenvalue weighted by Gasteiger charge is 2.50. The van der Waals surface area contributed by atoms with Crippen molar-refractivity contribution in [1.29, 1.82) is 0 Å². The number of piperidine rings is 1. The maximum Gasteiger partial charge on any atom is 0.245 e. The van der Waals surface area contributed by atoms with Gasteiger partial charge < -0.3 is 20.3 Å². The first-order valence-corrected chi connectivity index (χ1v) is 11.1. The average molecular weight is 470 g/mol. The summed E-state index contributed by atoms with van der Waals surface area (Å²) >= 11 is 3.52. The minimum Gasteiger partial charge on any atom is -0.497 e. The molecule has 2 aromatic rings. The van der Waals surface area contributed by atoms with Gasteiger partial charge in [0.15, 0.2) is 0 Å². The number of halogens is 1. The second kappa shape index (κ2) is 7.01. The molecule has 1 spiro atoms. The summed E-state index contributed by atoms with van der Waals surface area (Å²) in [4.78, 5) is 28.1. The zero-order chi connectivity index (χ0) is 21.0. The Balaban J connectivity index is 1.33. The van der Waals surface area contributed by atoms with Crippen molar-refractivity contribution in [1.82, 2.24) is 4.90 Å². The number of carbonyl (C=O) groups excluding carboxylic acids is 2. The molecule has 0 saturated carbocycles. The van der Waals surface area contributed by atoms with Crippen molar-refractivity contribution in [2.24, 2.45) is 0 Å². The number of hydrogen-bond acceptors (Lipinski definition) is 4. The molecule has 5 rings (SSSR count). The third-order valence-corrected chi connectivity index (χ3v) is 7.43. The van der Waals surface area contributed by atoms with E-state index in [1.807, 2.05) is 41.3 Å². The number of anilines is 2. The number of hydrogen-bond donors (Lipinski definition) is 2. The van der Waals surface area contributed by atoms with Gasteiger partial charge in [-0.3, -0.25) is 9.59 Å². The summed E-state index contributed by atoms with van der Waals surface area (Å²) in [6.07, 6.45) is 1.27. The maximum atomic E-state index is 13.3. The van der Waals surface area contributed by atoms with E-state index in [0.717, 1.165) is 32.7 Å². The van der Waals surface area contributed by atoms with Crippen LogP contribution in [0.5, 0.6) is 5.75 Å². The number of nitrogens with one attached hydrogen (secondary N) is 2. The van der Waals surface area contributed by atoms with E-state index in [-0.39, 0.29) is 23.8 Å². The van der Waals surface area contributed by atoms with Crippen LogP contribution < -0.4 is 15.4 Å². The van der Waals surface area contributed by atoms with Crippen LogP contribution in [-0.4, -0.2) is 43.0 Å². The van der Waals surface area contributed by atoms with Crippen LogP contribution in [0.1, 0.15) is 36.8 Å². The third kappa shape index (κ3) is 2.82. The van der Waals surface area contributed by atoms with E-state index in [1.54, 1.807) is 7.11 Å². The number of rotatable bonds is 2. The summed E-state index contributed by atoms with van der Waals surface area (Å²) in [7, 11) is 1.65. The van der Waals surface area contributed by atoms with Gasteiger partial charge in [-0.05, 0) is 60.4 Å². The lowest BCUT2D eigenvalue weighted by Gasteiger charge is -2.39. The fraction of sp³-hybridized carbons (Fsp3) is 0.391. The Hall–Kier alpha value is -2.54. The molecule has 0 aromatic heterocycles. The molecular weight excluding hydrogens is 446 g/mol. The zero-order valence-corrected chi connectivity index (χ0v) is 18.6. The first-order valence-electron chi connectivity index (χ1n) is 10.3. The number of fused-ring (bicyclic) bond motifs is 3. The van der Waals surface area contributed by atoms with Crippen LogP contribution in [0, 0.1) is 0 Å². The van der Waals surface area contributed by atoms with Crippen molar-refractivity contribution in [2.75, 3.05) is 30.8 Å². The summed E-state index contributed by atoms with van der Waals surface area (Å²) in [5.41, 5.74) is 3.49. The predicted octanol–water partition coefficient (Wildman–Crippen LogP) is 3.87. The highest BCUT2D eigenvalue weighted by atomic mass is 79.9. The number of methoxy groups -OCH3 is 1. The van der Waals surface area contributed by atoms with Crippen molar-refractivity contribution in [2.45, 2.75) is 37.1 Å². The van der Waals surface area contributed by atoms with Gasteiger partial charge in [-0.1, -0.05) is 22.9 Å². The van der Waals surface area contributed by atoms with Gasteiger partial charge in [0.25, 0.3) is 0 Å². The van der Waals surface area contributed by atoms with Crippen LogP contribution in [0.3, 0.4) is 0 Å². The Morgan fingerprint density at radius 1 is 1.17 bits per heavy atom. The molecule has 2 atom stereocenters. The molecule has 0 aliphatic carbocycles. The number of nitrogens with zero attached hydrogens (tertiary/aromatic N) is 1. The Kier molecular flexibility index (Phi) is 4.54. The smallest absolute Gasteiger partial charge is 0.245 e. The molecule has 2 N–H and O–H groups in total. The number of likely N-dealkylation sites (tertiary alicyclic amines) is 1. The van der Waals surface area contributed by atoms with Crippen molar-refractivity contribution in [3.05, 3.63) is 52.0 Å². The van der Waals surface area contributed by atoms with E-state index < -0.39 is 5.41 Å². The fourth-order valence-corrected chi connectivity index (χ4v) is 5.47. The second-order valence-corrected chi connectivity index (χ2v) is 9.33. The van der Waals surface area contributed by atoms with Crippen LogP contribution >= 0.6 is 15.9 Å². The van der Waals surface area contributed by atoms with E-state index in [1.165, 1.54) is 0 Å². The number of ether oxygens (including phenoxy) is 1. The molecule has 1 saturated heterocycles. The van der Waals surface area contributed by atoms with Gasteiger partial charge in [-0.2, -0.15) is 0 Å². The van der Waals surface area contributed by atoms with Gasteiger partial charge in [0.2, 0.25) is 11.8 Å². The van der Waals surface area contributed by atoms with Crippen LogP contribution in [0.2, 0.25) is 0 Å². The molecule has 3 aliphatic heterocycles. The molecule has 0 radical (unpaired) electrons. The zero-order valence-electron chi connectivity index (χ0n) is 17.0. The van der Waals surface area contributed by atoms with Crippen LogP contribution in [0.25, 0.3) is 0 Å². The van der Waals surface area contributed by atoms with E-state index in [2.05, 4.69) is 33.5 Å². The molecule has 0 bridgehead atoms. The number of amides is 2.